The summed E-state index contributed by atoms with van der Waals surface area (Å²) in [7, 11) is 1.52. The molecule has 0 saturated heterocycles. The van der Waals surface area contributed by atoms with Crippen molar-refractivity contribution in [2.24, 2.45) is 10.9 Å². The number of nitrogens with one attached hydrogen (secondary N) is 2. The van der Waals surface area contributed by atoms with Crippen LogP contribution in [0.4, 0.5) is 17.6 Å². The molecule has 0 fully saturated rings. The first kappa shape index (κ1) is 24.2. The Kier molecular flexibility index (Phi) is 9.18. The van der Waals surface area contributed by atoms with Gasteiger partial charge in [-0.1, -0.05) is 19.9 Å². The molecule has 0 radical (unpaired) electrons. The monoisotopic (exact) mass is 513 g/mol. The molecular weight excluding hydrogens is 489 g/mol. The molecule has 0 saturated carbocycles. The molecule has 2 aromatic rings. The molecular formula is C18H24F4IN5. The van der Waals surface area contributed by atoms with Crippen LogP contribution >= 0.6 is 24.0 Å². The van der Waals surface area contributed by atoms with E-state index in [0.29, 0.717) is 24.5 Å². The van der Waals surface area contributed by atoms with Gasteiger partial charge < -0.3 is 15.2 Å². The quantitative estimate of drug-likeness (QED) is 0.264. The van der Waals surface area contributed by atoms with E-state index in [1.54, 1.807) is 6.20 Å². The molecule has 0 bridgehead atoms. The first-order valence-corrected chi connectivity index (χ1v) is 8.51. The summed E-state index contributed by atoms with van der Waals surface area (Å²) in [4.78, 5) is 8.28. The molecule has 0 aliphatic rings. The van der Waals surface area contributed by atoms with E-state index in [9.17, 15) is 17.6 Å². The highest BCUT2D eigenvalue weighted by Gasteiger charge is 2.33. The molecule has 2 N–H and O–H groups in total. The maximum absolute atomic E-state index is 13.2. The normalized spacial score (nSPS) is 12.1. The van der Waals surface area contributed by atoms with Crippen molar-refractivity contribution >= 4 is 29.9 Å². The fourth-order valence-electron chi connectivity index (χ4n) is 2.60. The van der Waals surface area contributed by atoms with Gasteiger partial charge in [0.2, 0.25) is 0 Å². The Bertz CT molecular complexity index is 787. The van der Waals surface area contributed by atoms with E-state index in [2.05, 4.69) is 34.5 Å². The van der Waals surface area contributed by atoms with Crippen LogP contribution in [0.15, 0.2) is 35.6 Å². The summed E-state index contributed by atoms with van der Waals surface area (Å²) in [5.41, 5.74) is -1.06. The summed E-state index contributed by atoms with van der Waals surface area (Å²) in [5.74, 6) is 0.649. The van der Waals surface area contributed by atoms with Crippen molar-refractivity contribution in [2.45, 2.75) is 39.7 Å². The molecule has 1 aromatic carbocycles. The predicted octanol–water partition coefficient (Wildman–Crippen LogP) is 4.18. The van der Waals surface area contributed by atoms with E-state index in [1.165, 1.54) is 7.05 Å². The number of nitrogens with zero attached hydrogens (tertiary/aromatic N) is 3. The predicted molar refractivity (Wildman–Crippen MR) is 111 cm³/mol. The van der Waals surface area contributed by atoms with Crippen molar-refractivity contribution in [3.05, 3.63) is 53.4 Å². The molecule has 0 aliphatic heterocycles. The third-order valence-electron chi connectivity index (χ3n) is 3.82. The summed E-state index contributed by atoms with van der Waals surface area (Å²) in [6.45, 7) is 5.23. The number of guanidine groups is 1. The van der Waals surface area contributed by atoms with Crippen molar-refractivity contribution in [2.75, 3.05) is 7.05 Å². The van der Waals surface area contributed by atoms with Crippen molar-refractivity contribution in [3.8, 4) is 0 Å². The van der Waals surface area contributed by atoms with Gasteiger partial charge in [-0.25, -0.2) is 9.37 Å². The summed E-state index contributed by atoms with van der Waals surface area (Å²) >= 11 is 0. The topological polar surface area (TPSA) is 54.2 Å². The number of hydrogen-bond acceptors (Lipinski definition) is 2. The van der Waals surface area contributed by atoms with Gasteiger partial charge in [-0.3, -0.25) is 4.99 Å². The first-order valence-electron chi connectivity index (χ1n) is 8.51. The fourth-order valence-corrected chi connectivity index (χ4v) is 2.60. The lowest BCUT2D eigenvalue weighted by atomic mass is 10.1. The molecule has 2 rings (SSSR count). The van der Waals surface area contributed by atoms with E-state index < -0.39 is 17.6 Å². The van der Waals surface area contributed by atoms with Gasteiger partial charge in [-0.2, -0.15) is 13.2 Å². The third kappa shape index (κ3) is 6.95. The zero-order valence-corrected chi connectivity index (χ0v) is 18.2. The standard InChI is InChI=1S/C18H23F4N5.HI/c1-12(2)11-27-7-6-24-16(27)10-26-17(23-3)25-9-13-4-5-14(19)8-15(13)18(20,21)22;/h4-8,12H,9-11H2,1-3H3,(H2,23,25,26);1H. The number of hydrogen-bond donors (Lipinski definition) is 2. The second-order valence-corrected chi connectivity index (χ2v) is 6.47. The van der Waals surface area contributed by atoms with Gasteiger partial charge >= 0.3 is 6.18 Å². The zero-order valence-electron chi connectivity index (χ0n) is 15.8. The highest BCUT2D eigenvalue weighted by atomic mass is 127. The number of alkyl halides is 3. The number of imidazole rings is 1. The maximum Gasteiger partial charge on any atom is 0.416 e. The Morgan fingerprint density at radius 3 is 2.50 bits per heavy atom. The lowest BCUT2D eigenvalue weighted by Crippen LogP contribution is -2.37. The smallest absolute Gasteiger partial charge is 0.352 e. The SMILES string of the molecule is CN=C(NCc1ccc(F)cc1C(F)(F)F)NCc1nccn1CC(C)C.I. The first-order chi connectivity index (χ1) is 12.7. The largest absolute Gasteiger partial charge is 0.416 e. The van der Waals surface area contributed by atoms with E-state index in [-0.39, 0.29) is 36.1 Å². The minimum Gasteiger partial charge on any atom is -0.352 e. The number of aliphatic imine (C=N–C) groups is 1. The summed E-state index contributed by atoms with van der Waals surface area (Å²) in [5, 5.41) is 5.85. The van der Waals surface area contributed by atoms with E-state index in [0.717, 1.165) is 24.5 Å². The number of rotatable bonds is 6. The van der Waals surface area contributed by atoms with Crippen molar-refractivity contribution in [1.29, 1.82) is 0 Å². The Hall–Kier alpha value is -1.85. The van der Waals surface area contributed by atoms with Crippen LogP contribution in [0, 0.1) is 11.7 Å². The van der Waals surface area contributed by atoms with Crippen LogP contribution in [-0.2, 0) is 25.8 Å². The maximum atomic E-state index is 13.2. The molecule has 0 amide bonds. The Balaban J connectivity index is 0.00000392. The molecule has 0 unspecified atom stereocenters. The molecule has 156 valence electrons. The average molecular weight is 513 g/mol. The number of halogens is 5. The highest BCUT2D eigenvalue weighted by molar-refractivity contribution is 14.0. The second kappa shape index (κ2) is 10.6. The Labute approximate surface area is 178 Å². The van der Waals surface area contributed by atoms with E-state index in [4.69, 9.17) is 0 Å². The molecule has 0 atom stereocenters. The highest BCUT2D eigenvalue weighted by Crippen LogP contribution is 2.32. The van der Waals surface area contributed by atoms with Crippen LogP contribution in [0.1, 0.15) is 30.8 Å². The van der Waals surface area contributed by atoms with Crippen molar-refractivity contribution < 1.29 is 17.6 Å². The summed E-state index contributed by atoms with van der Waals surface area (Å²) < 4.78 is 54.4. The van der Waals surface area contributed by atoms with E-state index in [1.807, 2.05) is 10.8 Å². The number of aromatic nitrogens is 2. The van der Waals surface area contributed by atoms with Crippen LogP contribution in [0.25, 0.3) is 0 Å². The molecule has 0 aliphatic carbocycles. The van der Waals surface area contributed by atoms with Gasteiger partial charge in [-0.15, -0.1) is 24.0 Å². The van der Waals surface area contributed by atoms with Gasteiger partial charge in [0.1, 0.15) is 11.6 Å². The molecule has 1 heterocycles. The summed E-state index contributed by atoms with van der Waals surface area (Å²) in [6, 6.07) is 2.62. The zero-order chi connectivity index (χ0) is 20.0. The second-order valence-electron chi connectivity index (χ2n) is 6.47. The molecule has 10 heteroatoms. The van der Waals surface area contributed by atoms with Crippen molar-refractivity contribution in [3.63, 3.8) is 0 Å². The van der Waals surface area contributed by atoms with Crippen LogP contribution < -0.4 is 10.6 Å². The minimum atomic E-state index is -4.63. The number of benzene rings is 1. The fraction of sp³-hybridized carbons (Fsp3) is 0.444. The summed E-state index contributed by atoms with van der Waals surface area (Å²) in [6.07, 6.45) is -1.05. The average Bonchev–Trinajstić information content (AvgIpc) is 3.01. The van der Waals surface area contributed by atoms with Crippen LogP contribution in [-0.4, -0.2) is 22.6 Å². The van der Waals surface area contributed by atoms with Gasteiger partial charge in [0.05, 0.1) is 12.1 Å². The van der Waals surface area contributed by atoms with E-state index >= 15 is 0 Å². The molecule has 28 heavy (non-hydrogen) atoms. The third-order valence-corrected chi connectivity index (χ3v) is 3.82. The Morgan fingerprint density at radius 2 is 1.89 bits per heavy atom. The van der Waals surface area contributed by atoms with Crippen LogP contribution in [0.3, 0.4) is 0 Å². The molecule has 0 spiro atoms. The van der Waals surface area contributed by atoms with Crippen molar-refractivity contribution in [1.82, 2.24) is 20.2 Å². The van der Waals surface area contributed by atoms with Gasteiger partial charge in [0.15, 0.2) is 5.96 Å². The van der Waals surface area contributed by atoms with Crippen LogP contribution in [0.5, 0.6) is 0 Å². The van der Waals surface area contributed by atoms with Gasteiger partial charge in [-0.05, 0) is 23.6 Å². The van der Waals surface area contributed by atoms with Gasteiger partial charge in [0.25, 0.3) is 0 Å². The van der Waals surface area contributed by atoms with Gasteiger partial charge in [0, 0.05) is 32.5 Å². The van der Waals surface area contributed by atoms with Crippen LogP contribution in [0.2, 0.25) is 0 Å². The molecule has 5 nitrogen and oxygen atoms in total. The minimum absolute atomic E-state index is 0. The molecule has 1 aromatic heterocycles. The lowest BCUT2D eigenvalue weighted by molar-refractivity contribution is -0.138. The Morgan fingerprint density at radius 1 is 1.21 bits per heavy atom. The lowest BCUT2D eigenvalue weighted by Gasteiger charge is -2.16.